The standard InChI is InChI=1S/C50H31N3/c1-2-14-34(15-3-1)49-45-30-42(39-24-22-32-12-4-6-16-35(32)26-39)43(40-25-23-33-13-5-7-17-36(33)27-40)31-46(45)51-50(52-49)53-47-21-11-10-20-41(47)44-28-37-18-8-9-19-38(37)29-48(44)53/h1-31H. The van der Waals surface area contributed by atoms with Crippen LogP contribution < -0.4 is 0 Å². The summed E-state index contributed by atoms with van der Waals surface area (Å²) in [6, 6.07) is 67.6. The second-order valence-corrected chi connectivity index (χ2v) is 13.8. The summed E-state index contributed by atoms with van der Waals surface area (Å²) in [5.41, 5.74) is 9.62. The molecular formula is C50H31N3. The van der Waals surface area contributed by atoms with E-state index >= 15 is 0 Å². The van der Waals surface area contributed by atoms with E-state index in [0.29, 0.717) is 5.95 Å². The van der Waals surface area contributed by atoms with Gasteiger partial charge in [0.1, 0.15) is 0 Å². The van der Waals surface area contributed by atoms with Gasteiger partial charge in [-0.25, -0.2) is 9.97 Å². The first kappa shape index (κ1) is 29.6. The van der Waals surface area contributed by atoms with Crippen LogP contribution in [0.1, 0.15) is 0 Å². The maximum Gasteiger partial charge on any atom is 0.235 e. The molecule has 0 radical (unpaired) electrons. The van der Waals surface area contributed by atoms with Gasteiger partial charge in [-0.3, -0.25) is 4.57 Å². The van der Waals surface area contributed by atoms with Crippen molar-refractivity contribution in [3.63, 3.8) is 0 Å². The van der Waals surface area contributed by atoms with Gasteiger partial charge in [0.2, 0.25) is 5.95 Å². The lowest BCUT2D eigenvalue weighted by Gasteiger charge is -2.17. The Labute approximate surface area is 306 Å². The van der Waals surface area contributed by atoms with Gasteiger partial charge in [-0.2, -0.15) is 0 Å². The van der Waals surface area contributed by atoms with E-state index in [0.717, 1.165) is 55.4 Å². The highest BCUT2D eigenvalue weighted by Crippen LogP contribution is 2.41. The topological polar surface area (TPSA) is 30.7 Å². The molecule has 3 nitrogen and oxygen atoms in total. The summed E-state index contributed by atoms with van der Waals surface area (Å²) in [5, 5.41) is 10.7. The van der Waals surface area contributed by atoms with E-state index in [9.17, 15) is 0 Å². The molecule has 0 saturated heterocycles. The summed E-state index contributed by atoms with van der Waals surface area (Å²) in [4.78, 5) is 10.9. The highest BCUT2D eigenvalue weighted by atomic mass is 15.2. The quantitative estimate of drug-likeness (QED) is 0.186. The third kappa shape index (κ3) is 4.82. The second-order valence-electron chi connectivity index (χ2n) is 13.8. The van der Waals surface area contributed by atoms with Crippen molar-refractivity contribution in [2.24, 2.45) is 0 Å². The molecule has 0 aliphatic heterocycles. The molecule has 9 aromatic carbocycles. The molecule has 11 rings (SSSR count). The average molecular weight is 674 g/mol. The highest BCUT2D eigenvalue weighted by molar-refractivity contribution is 6.13. The molecule has 0 fully saturated rings. The van der Waals surface area contributed by atoms with Gasteiger partial charge in [0.15, 0.2) is 0 Å². The van der Waals surface area contributed by atoms with Crippen molar-refractivity contribution in [1.82, 2.24) is 14.5 Å². The molecule has 11 aromatic rings. The van der Waals surface area contributed by atoms with Crippen LogP contribution in [-0.4, -0.2) is 14.5 Å². The fraction of sp³-hybridized carbons (Fsp3) is 0. The van der Waals surface area contributed by atoms with Gasteiger partial charge in [-0.15, -0.1) is 0 Å². The summed E-state index contributed by atoms with van der Waals surface area (Å²) in [5.74, 6) is 0.653. The third-order valence-electron chi connectivity index (χ3n) is 10.7. The molecule has 3 heteroatoms. The van der Waals surface area contributed by atoms with E-state index in [2.05, 4.69) is 193 Å². The minimum atomic E-state index is 0.653. The van der Waals surface area contributed by atoms with E-state index in [-0.39, 0.29) is 0 Å². The van der Waals surface area contributed by atoms with Crippen LogP contribution in [0.5, 0.6) is 0 Å². The number of aromatic nitrogens is 3. The Balaban J connectivity index is 1.25. The molecule has 0 spiro atoms. The first-order chi connectivity index (χ1) is 26.2. The Bertz CT molecular complexity index is 3230. The van der Waals surface area contributed by atoms with Crippen LogP contribution in [0.4, 0.5) is 0 Å². The van der Waals surface area contributed by atoms with Crippen LogP contribution >= 0.6 is 0 Å². The molecular weight excluding hydrogens is 643 g/mol. The fourth-order valence-corrected chi connectivity index (χ4v) is 8.14. The Hall–Kier alpha value is -7.10. The Morgan fingerprint density at radius 3 is 1.55 bits per heavy atom. The lowest BCUT2D eigenvalue weighted by Crippen LogP contribution is -2.04. The molecule has 0 amide bonds. The van der Waals surface area contributed by atoms with E-state index in [1.807, 2.05) is 0 Å². The zero-order valence-corrected chi connectivity index (χ0v) is 28.7. The summed E-state index contributed by atoms with van der Waals surface area (Å²) in [6.45, 7) is 0. The van der Waals surface area contributed by atoms with Gasteiger partial charge in [-0.1, -0.05) is 146 Å². The van der Waals surface area contributed by atoms with Crippen LogP contribution in [0.15, 0.2) is 188 Å². The predicted octanol–water partition coefficient (Wildman–Crippen LogP) is 13.2. The Morgan fingerprint density at radius 2 is 0.868 bits per heavy atom. The van der Waals surface area contributed by atoms with Crippen LogP contribution in [0.25, 0.3) is 104 Å². The molecule has 2 heterocycles. The minimum absolute atomic E-state index is 0.653. The van der Waals surface area contributed by atoms with Crippen molar-refractivity contribution in [3.05, 3.63) is 188 Å². The zero-order chi connectivity index (χ0) is 34.9. The molecule has 0 aliphatic carbocycles. The van der Waals surface area contributed by atoms with Crippen molar-refractivity contribution in [2.75, 3.05) is 0 Å². The largest absolute Gasteiger partial charge is 0.278 e. The number of hydrogen-bond acceptors (Lipinski definition) is 2. The Morgan fingerprint density at radius 1 is 0.321 bits per heavy atom. The summed E-state index contributed by atoms with van der Waals surface area (Å²) in [6.07, 6.45) is 0. The normalized spacial score (nSPS) is 11.8. The van der Waals surface area contributed by atoms with Crippen molar-refractivity contribution in [3.8, 4) is 39.5 Å². The van der Waals surface area contributed by atoms with Crippen molar-refractivity contribution < 1.29 is 0 Å². The third-order valence-corrected chi connectivity index (χ3v) is 10.7. The summed E-state index contributed by atoms with van der Waals surface area (Å²) < 4.78 is 2.25. The first-order valence-corrected chi connectivity index (χ1v) is 18.1. The van der Waals surface area contributed by atoms with E-state index in [1.165, 1.54) is 43.1 Å². The zero-order valence-electron chi connectivity index (χ0n) is 28.7. The summed E-state index contributed by atoms with van der Waals surface area (Å²) >= 11 is 0. The molecule has 0 atom stereocenters. The van der Waals surface area contributed by atoms with Gasteiger partial charge in [0, 0.05) is 21.7 Å². The number of hydrogen-bond donors (Lipinski definition) is 0. The SMILES string of the molecule is c1ccc(-c2nc(-n3c4ccccc4c4cc5ccccc5cc43)nc3cc(-c4ccc5ccccc5c4)c(-c4ccc5ccccc5c4)cc23)cc1. The maximum atomic E-state index is 5.47. The second kappa shape index (κ2) is 11.7. The number of benzene rings is 9. The van der Waals surface area contributed by atoms with Gasteiger partial charge < -0.3 is 0 Å². The van der Waals surface area contributed by atoms with Crippen LogP contribution in [-0.2, 0) is 0 Å². The minimum Gasteiger partial charge on any atom is -0.278 e. The Kier molecular flexibility index (Phi) is 6.55. The van der Waals surface area contributed by atoms with Crippen LogP contribution in [0.2, 0.25) is 0 Å². The number of para-hydroxylation sites is 1. The van der Waals surface area contributed by atoms with Gasteiger partial charge >= 0.3 is 0 Å². The highest BCUT2D eigenvalue weighted by Gasteiger charge is 2.20. The van der Waals surface area contributed by atoms with E-state index in [1.54, 1.807) is 0 Å². The number of rotatable bonds is 4. The molecule has 0 unspecified atom stereocenters. The van der Waals surface area contributed by atoms with Gasteiger partial charge in [0.25, 0.3) is 0 Å². The average Bonchev–Trinajstić information content (AvgIpc) is 3.55. The predicted molar refractivity (Wildman–Crippen MR) is 223 cm³/mol. The van der Waals surface area contributed by atoms with Gasteiger partial charge in [0.05, 0.1) is 22.2 Å². The van der Waals surface area contributed by atoms with Gasteiger partial charge in [-0.05, 0) is 97.0 Å². The number of fused-ring (bicyclic) bond motifs is 7. The van der Waals surface area contributed by atoms with Crippen LogP contribution in [0, 0.1) is 0 Å². The molecule has 0 aliphatic rings. The molecule has 0 bridgehead atoms. The maximum absolute atomic E-state index is 5.47. The molecule has 53 heavy (non-hydrogen) atoms. The fourth-order valence-electron chi connectivity index (χ4n) is 8.14. The van der Waals surface area contributed by atoms with Crippen molar-refractivity contribution >= 4 is 65.0 Å². The smallest absolute Gasteiger partial charge is 0.235 e. The monoisotopic (exact) mass is 673 g/mol. The lowest BCUT2D eigenvalue weighted by molar-refractivity contribution is 1.01. The van der Waals surface area contributed by atoms with Crippen molar-refractivity contribution in [2.45, 2.75) is 0 Å². The molecule has 2 aromatic heterocycles. The van der Waals surface area contributed by atoms with Crippen LogP contribution in [0.3, 0.4) is 0 Å². The first-order valence-electron chi connectivity index (χ1n) is 18.1. The van der Waals surface area contributed by atoms with E-state index < -0.39 is 0 Å². The molecule has 246 valence electrons. The van der Waals surface area contributed by atoms with Crippen molar-refractivity contribution in [1.29, 1.82) is 0 Å². The number of nitrogens with zero attached hydrogens (tertiary/aromatic N) is 3. The summed E-state index contributed by atoms with van der Waals surface area (Å²) in [7, 11) is 0. The molecule has 0 N–H and O–H groups in total. The lowest BCUT2D eigenvalue weighted by atomic mass is 9.90. The van der Waals surface area contributed by atoms with E-state index in [4.69, 9.17) is 9.97 Å². The molecule has 0 saturated carbocycles.